The van der Waals surface area contributed by atoms with E-state index in [9.17, 15) is 9.18 Å². The fraction of sp³-hybridized carbons (Fsp3) is 0.130. The van der Waals surface area contributed by atoms with Crippen LogP contribution in [0.3, 0.4) is 0 Å². The lowest BCUT2D eigenvalue weighted by Gasteiger charge is -2.15. The number of nitrogens with zero attached hydrogens (tertiary/aromatic N) is 4. The highest BCUT2D eigenvalue weighted by molar-refractivity contribution is 8.00. The van der Waals surface area contributed by atoms with Gasteiger partial charge in [0.1, 0.15) is 5.82 Å². The Labute approximate surface area is 178 Å². The molecule has 0 saturated carbocycles. The standard InChI is InChI=1S/C23H19FN4OS/c1-15-6-3-4-8-20(15)28-22(18-7-5-13-25-14-18)26-27-23(28)30-16(2)21(29)17-9-11-19(24)12-10-17/h3-14,16H,1-2H3. The van der Waals surface area contributed by atoms with Crippen LogP contribution in [0.1, 0.15) is 22.8 Å². The first-order valence-corrected chi connectivity index (χ1v) is 10.3. The molecule has 0 bridgehead atoms. The van der Waals surface area contributed by atoms with E-state index in [2.05, 4.69) is 15.2 Å². The molecule has 0 aliphatic carbocycles. The summed E-state index contributed by atoms with van der Waals surface area (Å²) in [4.78, 5) is 17.0. The van der Waals surface area contributed by atoms with Crippen LogP contribution >= 0.6 is 11.8 Å². The summed E-state index contributed by atoms with van der Waals surface area (Å²) in [6, 6.07) is 17.3. The Balaban J connectivity index is 1.73. The molecule has 1 unspecified atom stereocenters. The van der Waals surface area contributed by atoms with Crippen LogP contribution in [0.4, 0.5) is 4.39 Å². The van der Waals surface area contributed by atoms with Crippen LogP contribution < -0.4 is 0 Å². The van der Waals surface area contributed by atoms with Crippen molar-refractivity contribution in [2.24, 2.45) is 0 Å². The van der Waals surface area contributed by atoms with Crippen molar-refractivity contribution in [3.05, 3.63) is 90.0 Å². The zero-order chi connectivity index (χ0) is 21.1. The van der Waals surface area contributed by atoms with Crippen molar-refractivity contribution in [2.45, 2.75) is 24.3 Å². The number of carbonyl (C=O) groups is 1. The number of halogens is 1. The van der Waals surface area contributed by atoms with Gasteiger partial charge in [-0.1, -0.05) is 30.0 Å². The summed E-state index contributed by atoms with van der Waals surface area (Å²) in [5, 5.41) is 8.94. The van der Waals surface area contributed by atoms with Crippen LogP contribution in [0.15, 0.2) is 78.2 Å². The maximum atomic E-state index is 13.2. The molecule has 0 aliphatic heterocycles. The molecule has 1 atom stereocenters. The molecule has 0 spiro atoms. The second-order valence-electron chi connectivity index (χ2n) is 6.80. The van der Waals surface area contributed by atoms with Gasteiger partial charge in [-0.3, -0.25) is 14.3 Å². The number of aromatic nitrogens is 4. The highest BCUT2D eigenvalue weighted by atomic mass is 32.2. The molecular formula is C23H19FN4OS. The van der Waals surface area contributed by atoms with Crippen molar-refractivity contribution in [1.82, 2.24) is 19.7 Å². The number of aryl methyl sites for hydroxylation is 1. The average molecular weight is 418 g/mol. The minimum atomic E-state index is -0.427. The van der Waals surface area contributed by atoms with E-state index in [1.165, 1.54) is 36.0 Å². The molecule has 0 fully saturated rings. The third-order valence-corrected chi connectivity index (χ3v) is 5.73. The van der Waals surface area contributed by atoms with Gasteiger partial charge in [-0.25, -0.2) is 4.39 Å². The second-order valence-corrected chi connectivity index (χ2v) is 8.11. The fourth-order valence-corrected chi connectivity index (χ4v) is 4.06. The Morgan fingerprint density at radius 1 is 1.03 bits per heavy atom. The number of benzene rings is 2. The molecule has 0 radical (unpaired) electrons. The number of pyridine rings is 1. The Morgan fingerprint density at radius 2 is 1.80 bits per heavy atom. The molecule has 0 aliphatic rings. The smallest absolute Gasteiger partial charge is 0.196 e. The first-order valence-electron chi connectivity index (χ1n) is 9.43. The van der Waals surface area contributed by atoms with Crippen LogP contribution in [0.25, 0.3) is 17.1 Å². The Kier molecular flexibility index (Phi) is 5.72. The molecule has 0 saturated heterocycles. The van der Waals surface area contributed by atoms with Gasteiger partial charge >= 0.3 is 0 Å². The van der Waals surface area contributed by atoms with Crippen LogP contribution in [0.5, 0.6) is 0 Å². The monoisotopic (exact) mass is 418 g/mol. The predicted molar refractivity (Wildman–Crippen MR) is 115 cm³/mol. The molecule has 30 heavy (non-hydrogen) atoms. The number of carbonyl (C=O) groups excluding carboxylic acids is 1. The molecule has 2 aromatic carbocycles. The van der Waals surface area contributed by atoms with Gasteiger partial charge in [-0.2, -0.15) is 0 Å². The first-order chi connectivity index (χ1) is 14.5. The molecule has 4 aromatic rings. The van der Waals surface area contributed by atoms with E-state index < -0.39 is 5.25 Å². The van der Waals surface area contributed by atoms with E-state index in [1.807, 2.05) is 54.8 Å². The van der Waals surface area contributed by atoms with Gasteiger partial charge in [0.05, 0.1) is 10.9 Å². The largest absolute Gasteiger partial charge is 0.293 e. The van der Waals surface area contributed by atoms with Crippen LogP contribution in [-0.4, -0.2) is 30.8 Å². The van der Waals surface area contributed by atoms with Gasteiger partial charge in [0.25, 0.3) is 0 Å². The molecule has 7 heteroatoms. The molecule has 0 N–H and O–H groups in total. The van der Waals surface area contributed by atoms with Crippen LogP contribution in [-0.2, 0) is 0 Å². The SMILES string of the molecule is Cc1ccccc1-n1c(SC(C)C(=O)c2ccc(F)cc2)nnc1-c1cccnc1. The number of hydrogen-bond donors (Lipinski definition) is 0. The lowest BCUT2D eigenvalue weighted by molar-refractivity contribution is 0.0994. The van der Waals surface area contributed by atoms with Crippen molar-refractivity contribution in [1.29, 1.82) is 0 Å². The summed E-state index contributed by atoms with van der Waals surface area (Å²) in [7, 11) is 0. The Hall–Kier alpha value is -3.32. The molecule has 2 heterocycles. The summed E-state index contributed by atoms with van der Waals surface area (Å²) in [6.07, 6.45) is 3.44. The van der Waals surface area contributed by atoms with E-state index in [-0.39, 0.29) is 11.6 Å². The number of Topliss-reactive ketones (excluding diaryl/α,β-unsaturated/α-hetero) is 1. The van der Waals surface area contributed by atoms with Crippen LogP contribution in [0.2, 0.25) is 0 Å². The summed E-state index contributed by atoms with van der Waals surface area (Å²) < 4.78 is 15.1. The van der Waals surface area contributed by atoms with Gasteiger partial charge in [-0.05, 0) is 61.9 Å². The van der Waals surface area contributed by atoms with E-state index >= 15 is 0 Å². The highest BCUT2D eigenvalue weighted by Gasteiger charge is 2.23. The Bertz CT molecular complexity index is 1180. The number of ketones is 1. The topological polar surface area (TPSA) is 60.7 Å². The summed E-state index contributed by atoms with van der Waals surface area (Å²) in [5.41, 5.74) is 3.29. The molecule has 150 valence electrons. The lowest BCUT2D eigenvalue weighted by Crippen LogP contribution is -2.15. The lowest BCUT2D eigenvalue weighted by atomic mass is 10.1. The number of hydrogen-bond acceptors (Lipinski definition) is 5. The van der Waals surface area contributed by atoms with Crippen molar-refractivity contribution in [3.63, 3.8) is 0 Å². The summed E-state index contributed by atoms with van der Waals surface area (Å²) in [6.45, 7) is 3.83. The minimum absolute atomic E-state index is 0.0951. The third-order valence-electron chi connectivity index (χ3n) is 4.69. The van der Waals surface area contributed by atoms with E-state index in [1.54, 1.807) is 12.4 Å². The van der Waals surface area contributed by atoms with Gasteiger partial charge in [0.15, 0.2) is 16.8 Å². The Morgan fingerprint density at radius 3 is 2.50 bits per heavy atom. The van der Waals surface area contributed by atoms with Crippen molar-refractivity contribution < 1.29 is 9.18 Å². The minimum Gasteiger partial charge on any atom is -0.293 e. The molecule has 0 amide bonds. The van der Waals surface area contributed by atoms with E-state index in [0.717, 1.165) is 16.8 Å². The van der Waals surface area contributed by atoms with Gasteiger partial charge in [-0.15, -0.1) is 10.2 Å². The van der Waals surface area contributed by atoms with Gasteiger partial charge in [0, 0.05) is 23.5 Å². The zero-order valence-corrected chi connectivity index (χ0v) is 17.3. The van der Waals surface area contributed by atoms with Crippen LogP contribution in [0, 0.1) is 12.7 Å². The van der Waals surface area contributed by atoms with E-state index in [4.69, 9.17) is 0 Å². The third kappa shape index (κ3) is 4.02. The number of para-hydroxylation sites is 1. The number of rotatable bonds is 6. The van der Waals surface area contributed by atoms with Gasteiger partial charge in [0.2, 0.25) is 0 Å². The van der Waals surface area contributed by atoms with E-state index in [0.29, 0.717) is 16.5 Å². The zero-order valence-electron chi connectivity index (χ0n) is 16.5. The van der Waals surface area contributed by atoms with Crippen molar-refractivity contribution in [3.8, 4) is 17.1 Å². The number of thioether (sulfide) groups is 1. The second kappa shape index (κ2) is 8.59. The van der Waals surface area contributed by atoms with Gasteiger partial charge < -0.3 is 0 Å². The molecule has 2 aromatic heterocycles. The fourth-order valence-electron chi connectivity index (χ4n) is 3.12. The average Bonchev–Trinajstić information content (AvgIpc) is 3.18. The van der Waals surface area contributed by atoms with Crippen molar-refractivity contribution in [2.75, 3.05) is 0 Å². The predicted octanol–water partition coefficient (Wildman–Crippen LogP) is 5.14. The summed E-state index contributed by atoms with van der Waals surface area (Å²) in [5.74, 6) is 0.191. The molecule has 5 nitrogen and oxygen atoms in total. The quantitative estimate of drug-likeness (QED) is 0.320. The van der Waals surface area contributed by atoms with Crippen molar-refractivity contribution >= 4 is 17.5 Å². The molecular weight excluding hydrogens is 399 g/mol. The maximum absolute atomic E-state index is 13.2. The highest BCUT2D eigenvalue weighted by Crippen LogP contribution is 2.32. The normalized spacial score (nSPS) is 12.0. The molecule has 4 rings (SSSR count). The summed E-state index contributed by atoms with van der Waals surface area (Å²) >= 11 is 1.32. The maximum Gasteiger partial charge on any atom is 0.196 e. The first kappa shape index (κ1) is 20.0.